The lowest BCUT2D eigenvalue weighted by molar-refractivity contribution is 0.401. The third-order valence-corrected chi connectivity index (χ3v) is 1.87. The van der Waals surface area contributed by atoms with E-state index in [1.54, 1.807) is 5.01 Å². The van der Waals surface area contributed by atoms with E-state index in [9.17, 15) is 0 Å². The van der Waals surface area contributed by atoms with Crippen molar-refractivity contribution in [2.75, 3.05) is 14.1 Å². The van der Waals surface area contributed by atoms with E-state index >= 15 is 0 Å². The van der Waals surface area contributed by atoms with Gasteiger partial charge in [0.15, 0.2) is 0 Å². The van der Waals surface area contributed by atoms with E-state index in [2.05, 4.69) is 25.5 Å². The Morgan fingerprint density at radius 1 is 1.36 bits per heavy atom. The lowest BCUT2D eigenvalue weighted by Gasteiger charge is -2.17. The molecule has 1 rings (SSSR count). The minimum absolute atomic E-state index is 0.460. The predicted octanol–water partition coefficient (Wildman–Crippen LogP) is 1.30. The first kappa shape index (κ1) is 8.11. The molecule has 0 atom stereocenters. The highest BCUT2D eigenvalue weighted by Crippen LogP contribution is 2.18. The molecule has 0 unspecified atom stereocenters. The molecule has 0 saturated heterocycles. The largest absolute Gasteiger partial charge is 0.317 e. The number of nitrogens with zero attached hydrogens (tertiary/aromatic N) is 3. The highest BCUT2D eigenvalue weighted by molar-refractivity contribution is 5.86. The minimum atomic E-state index is 0.460. The normalized spacial score (nSPS) is 18.3. The standard InChI is InChI=1S/C8H15N3/c1-6(2)8-9-11(5)7(3)10(8)4/h6H,3H2,1-2,4-5H3. The SMILES string of the molecule is C=C1N(C)N=C(C(C)C)N1C. The molecule has 0 aliphatic carbocycles. The van der Waals surface area contributed by atoms with Crippen LogP contribution in [0.2, 0.25) is 0 Å². The molecule has 0 N–H and O–H groups in total. The van der Waals surface area contributed by atoms with Gasteiger partial charge in [0.05, 0.1) is 0 Å². The molecule has 0 bridgehead atoms. The monoisotopic (exact) mass is 153 g/mol. The number of hydrazone groups is 1. The number of hydrogen-bond donors (Lipinski definition) is 0. The van der Waals surface area contributed by atoms with E-state index in [0.717, 1.165) is 11.7 Å². The number of amidine groups is 1. The van der Waals surface area contributed by atoms with Crippen molar-refractivity contribution >= 4 is 5.84 Å². The van der Waals surface area contributed by atoms with E-state index < -0.39 is 0 Å². The van der Waals surface area contributed by atoms with Crippen LogP contribution in [-0.4, -0.2) is 29.8 Å². The van der Waals surface area contributed by atoms with Gasteiger partial charge in [0.1, 0.15) is 11.7 Å². The Labute approximate surface area is 68.0 Å². The molecule has 11 heavy (non-hydrogen) atoms. The molecule has 1 aliphatic rings. The molecular formula is C8H15N3. The van der Waals surface area contributed by atoms with Crippen LogP contribution in [-0.2, 0) is 0 Å². The summed E-state index contributed by atoms with van der Waals surface area (Å²) in [5.41, 5.74) is 0. The lowest BCUT2D eigenvalue weighted by Crippen LogP contribution is -2.26. The Bertz CT molecular complexity index is 205. The van der Waals surface area contributed by atoms with Crippen molar-refractivity contribution < 1.29 is 0 Å². The Morgan fingerprint density at radius 3 is 2.09 bits per heavy atom. The summed E-state index contributed by atoms with van der Waals surface area (Å²) in [4.78, 5) is 2.02. The van der Waals surface area contributed by atoms with E-state index in [0.29, 0.717) is 5.92 Å². The van der Waals surface area contributed by atoms with Crippen molar-refractivity contribution in [3.8, 4) is 0 Å². The smallest absolute Gasteiger partial charge is 0.133 e. The van der Waals surface area contributed by atoms with Crippen molar-refractivity contribution in [3.05, 3.63) is 12.4 Å². The molecule has 0 amide bonds. The Balaban J connectivity index is 2.83. The summed E-state index contributed by atoms with van der Waals surface area (Å²) < 4.78 is 0. The zero-order valence-corrected chi connectivity index (χ0v) is 7.63. The van der Waals surface area contributed by atoms with Gasteiger partial charge in [0.25, 0.3) is 0 Å². The maximum absolute atomic E-state index is 4.33. The van der Waals surface area contributed by atoms with Crippen LogP contribution in [0.25, 0.3) is 0 Å². The van der Waals surface area contributed by atoms with Crippen LogP contribution in [0.4, 0.5) is 0 Å². The molecule has 3 heteroatoms. The first-order valence-electron chi connectivity index (χ1n) is 3.79. The first-order chi connectivity index (χ1) is 5.04. The van der Waals surface area contributed by atoms with Gasteiger partial charge in [0, 0.05) is 20.0 Å². The topological polar surface area (TPSA) is 18.8 Å². The molecule has 0 aromatic rings. The van der Waals surface area contributed by atoms with E-state index in [-0.39, 0.29) is 0 Å². The fraction of sp³-hybridized carbons (Fsp3) is 0.625. The second kappa shape index (κ2) is 2.57. The highest BCUT2D eigenvalue weighted by atomic mass is 15.6. The molecular weight excluding hydrogens is 138 g/mol. The first-order valence-corrected chi connectivity index (χ1v) is 3.79. The predicted molar refractivity (Wildman–Crippen MR) is 46.9 cm³/mol. The molecule has 0 spiro atoms. The summed E-state index contributed by atoms with van der Waals surface area (Å²) in [6, 6.07) is 0. The van der Waals surface area contributed by atoms with Gasteiger partial charge >= 0.3 is 0 Å². The van der Waals surface area contributed by atoms with E-state index in [1.807, 2.05) is 19.0 Å². The van der Waals surface area contributed by atoms with Crippen molar-refractivity contribution in [1.82, 2.24) is 9.91 Å². The van der Waals surface area contributed by atoms with Gasteiger partial charge in [-0.2, -0.15) is 5.10 Å². The van der Waals surface area contributed by atoms with Crippen LogP contribution in [0.5, 0.6) is 0 Å². The van der Waals surface area contributed by atoms with Crippen molar-refractivity contribution in [3.63, 3.8) is 0 Å². The third kappa shape index (κ3) is 1.23. The zero-order valence-electron chi connectivity index (χ0n) is 7.63. The Kier molecular flexibility index (Phi) is 1.89. The third-order valence-electron chi connectivity index (χ3n) is 1.87. The van der Waals surface area contributed by atoms with E-state index in [1.165, 1.54) is 0 Å². The fourth-order valence-electron chi connectivity index (χ4n) is 1.13. The van der Waals surface area contributed by atoms with Crippen molar-refractivity contribution in [2.24, 2.45) is 11.0 Å². The second-order valence-corrected chi connectivity index (χ2v) is 3.11. The van der Waals surface area contributed by atoms with Crippen LogP contribution in [0.15, 0.2) is 17.5 Å². The van der Waals surface area contributed by atoms with Gasteiger partial charge in [-0.3, -0.25) is 5.01 Å². The molecule has 62 valence electrons. The summed E-state index contributed by atoms with van der Waals surface area (Å²) in [6.07, 6.45) is 0. The fourth-order valence-corrected chi connectivity index (χ4v) is 1.13. The van der Waals surface area contributed by atoms with Crippen LogP contribution < -0.4 is 0 Å². The molecule has 0 aromatic heterocycles. The molecule has 1 heterocycles. The summed E-state index contributed by atoms with van der Waals surface area (Å²) in [7, 11) is 3.90. The minimum Gasteiger partial charge on any atom is -0.317 e. The Morgan fingerprint density at radius 2 is 1.91 bits per heavy atom. The van der Waals surface area contributed by atoms with Gasteiger partial charge in [-0.1, -0.05) is 20.4 Å². The van der Waals surface area contributed by atoms with Crippen molar-refractivity contribution in [1.29, 1.82) is 0 Å². The average Bonchev–Trinajstić information content (AvgIpc) is 2.17. The quantitative estimate of drug-likeness (QED) is 0.565. The number of hydrogen-bond acceptors (Lipinski definition) is 3. The molecule has 1 aliphatic heterocycles. The van der Waals surface area contributed by atoms with Gasteiger partial charge in [0.2, 0.25) is 0 Å². The van der Waals surface area contributed by atoms with Gasteiger partial charge in [-0.05, 0) is 0 Å². The van der Waals surface area contributed by atoms with Crippen LogP contribution in [0.1, 0.15) is 13.8 Å². The lowest BCUT2D eigenvalue weighted by atomic mass is 10.2. The molecule has 3 nitrogen and oxygen atoms in total. The zero-order chi connectivity index (χ0) is 8.59. The molecule has 0 saturated carbocycles. The maximum atomic E-state index is 4.33. The van der Waals surface area contributed by atoms with Gasteiger partial charge in [-0.25, -0.2) is 0 Å². The summed E-state index contributed by atoms with van der Waals surface area (Å²) in [5, 5.41) is 6.13. The second-order valence-electron chi connectivity index (χ2n) is 3.11. The highest BCUT2D eigenvalue weighted by Gasteiger charge is 2.22. The van der Waals surface area contributed by atoms with Crippen LogP contribution >= 0.6 is 0 Å². The summed E-state index contributed by atoms with van der Waals surface area (Å²) >= 11 is 0. The van der Waals surface area contributed by atoms with Gasteiger partial charge in [-0.15, -0.1) is 0 Å². The average molecular weight is 153 g/mol. The maximum Gasteiger partial charge on any atom is 0.133 e. The van der Waals surface area contributed by atoms with E-state index in [4.69, 9.17) is 0 Å². The van der Waals surface area contributed by atoms with Crippen LogP contribution in [0.3, 0.4) is 0 Å². The van der Waals surface area contributed by atoms with Crippen LogP contribution in [0, 0.1) is 5.92 Å². The molecule has 0 radical (unpaired) electrons. The van der Waals surface area contributed by atoms with Gasteiger partial charge < -0.3 is 4.90 Å². The number of rotatable bonds is 1. The Hall–Kier alpha value is -0.990. The summed E-state index contributed by atoms with van der Waals surface area (Å²) in [6.45, 7) is 8.14. The summed E-state index contributed by atoms with van der Waals surface area (Å²) in [5.74, 6) is 2.48. The molecule has 0 fully saturated rings. The van der Waals surface area contributed by atoms with Crippen molar-refractivity contribution in [2.45, 2.75) is 13.8 Å². The molecule has 0 aromatic carbocycles.